The molecule has 1 heterocycles. The van der Waals surface area contributed by atoms with E-state index >= 15 is 0 Å². The molecule has 3 atom stereocenters. The molecule has 0 bridgehead atoms. The molecule has 1 aliphatic carbocycles. The minimum atomic E-state index is -0.452. The number of nitrogens with one attached hydrogen (secondary N) is 3. The lowest BCUT2D eigenvalue weighted by atomic mass is 9.87. The zero-order valence-electron chi connectivity index (χ0n) is 14.0. The largest absolute Gasteiger partial charge is 0.494 e. The molecule has 2 amide bonds. The van der Waals surface area contributed by atoms with Crippen molar-refractivity contribution >= 4 is 17.5 Å². The summed E-state index contributed by atoms with van der Waals surface area (Å²) >= 11 is 0. The Kier molecular flexibility index (Phi) is 5.35. The zero-order valence-corrected chi connectivity index (χ0v) is 14.0. The Morgan fingerprint density at radius 1 is 1.21 bits per heavy atom. The number of anilines is 1. The molecule has 2 fully saturated rings. The number of piperazine rings is 1. The number of carbonyl (C=O) groups is 2. The Balaban J connectivity index is 1.53. The predicted molar refractivity (Wildman–Crippen MR) is 92.0 cm³/mol. The standard InChI is InChI=1S/C18H25N3O3/c1-2-24-13-9-7-12(8-10-13)19-17(22)11-16-18(23)21-15-6-4-3-5-14(15)20-16/h7-10,14-16,20H,2-6,11H2,1H3,(H,19,22)(H,21,23)/t14-,15+,16-/m1/s1. The van der Waals surface area contributed by atoms with E-state index in [4.69, 9.17) is 4.74 Å². The molecule has 130 valence electrons. The first kappa shape index (κ1) is 16.8. The van der Waals surface area contributed by atoms with E-state index in [1.807, 2.05) is 19.1 Å². The van der Waals surface area contributed by atoms with Crippen molar-refractivity contribution in [2.75, 3.05) is 11.9 Å². The van der Waals surface area contributed by atoms with Gasteiger partial charge < -0.3 is 20.7 Å². The van der Waals surface area contributed by atoms with Crippen LogP contribution in [0.3, 0.4) is 0 Å². The summed E-state index contributed by atoms with van der Waals surface area (Å²) in [5, 5.41) is 9.25. The molecule has 1 aromatic rings. The molecule has 1 aliphatic heterocycles. The van der Waals surface area contributed by atoms with Crippen LogP contribution in [0.5, 0.6) is 5.75 Å². The van der Waals surface area contributed by atoms with E-state index in [2.05, 4.69) is 16.0 Å². The van der Waals surface area contributed by atoms with Crippen molar-refractivity contribution in [3.05, 3.63) is 24.3 Å². The van der Waals surface area contributed by atoms with Gasteiger partial charge in [0.2, 0.25) is 11.8 Å². The van der Waals surface area contributed by atoms with Crippen LogP contribution in [0.25, 0.3) is 0 Å². The summed E-state index contributed by atoms with van der Waals surface area (Å²) in [6.07, 6.45) is 4.56. The fraction of sp³-hybridized carbons (Fsp3) is 0.556. The first-order chi connectivity index (χ1) is 11.7. The minimum absolute atomic E-state index is 0.0695. The van der Waals surface area contributed by atoms with Crippen molar-refractivity contribution < 1.29 is 14.3 Å². The molecular formula is C18H25N3O3. The van der Waals surface area contributed by atoms with Gasteiger partial charge >= 0.3 is 0 Å². The molecule has 6 heteroatoms. The van der Waals surface area contributed by atoms with Crippen LogP contribution in [-0.4, -0.2) is 36.5 Å². The number of ether oxygens (including phenoxy) is 1. The molecular weight excluding hydrogens is 306 g/mol. The van der Waals surface area contributed by atoms with Gasteiger partial charge in [-0.1, -0.05) is 12.8 Å². The summed E-state index contributed by atoms with van der Waals surface area (Å²) in [5.41, 5.74) is 0.704. The third-order valence-electron chi connectivity index (χ3n) is 4.66. The van der Waals surface area contributed by atoms with E-state index in [1.54, 1.807) is 12.1 Å². The monoisotopic (exact) mass is 331 g/mol. The van der Waals surface area contributed by atoms with Gasteiger partial charge in [0, 0.05) is 17.8 Å². The number of benzene rings is 1. The molecule has 0 unspecified atom stereocenters. The van der Waals surface area contributed by atoms with Gasteiger partial charge in [-0.15, -0.1) is 0 Å². The Hall–Kier alpha value is -2.08. The van der Waals surface area contributed by atoms with Gasteiger partial charge in [0.25, 0.3) is 0 Å². The van der Waals surface area contributed by atoms with E-state index in [0.29, 0.717) is 18.3 Å². The lowest BCUT2D eigenvalue weighted by Crippen LogP contribution is -2.65. The number of carbonyl (C=O) groups excluding carboxylic acids is 2. The molecule has 3 N–H and O–H groups in total. The molecule has 2 aliphatic rings. The van der Waals surface area contributed by atoms with Crippen molar-refractivity contribution in [2.45, 2.75) is 57.2 Å². The molecule has 24 heavy (non-hydrogen) atoms. The summed E-state index contributed by atoms with van der Waals surface area (Å²) in [4.78, 5) is 24.4. The quantitative estimate of drug-likeness (QED) is 0.769. The molecule has 1 saturated heterocycles. The third-order valence-corrected chi connectivity index (χ3v) is 4.66. The minimum Gasteiger partial charge on any atom is -0.494 e. The van der Waals surface area contributed by atoms with Crippen molar-refractivity contribution in [1.82, 2.24) is 10.6 Å². The summed E-state index contributed by atoms with van der Waals surface area (Å²) < 4.78 is 5.38. The fourth-order valence-electron chi connectivity index (χ4n) is 3.47. The van der Waals surface area contributed by atoms with Gasteiger partial charge in [0.1, 0.15) is 5.75 Å². The maximum atomic E-state index is 12.2. The van der Waals surface area contributed by atoms with Gasteiger partial charge in [0.05, 0.1) is 19.1 Å². The van der Waals surface area contributed by atoms with E-state index in [0.717, 1.165) is 25.0 Å². The highest BCUT2D eigenvalue weighted by atomic mass is 16.5. The van der Waals surface area contributed by atoms with Crippen LogP contribution in [-0.2, 0) is 9.59 Å². The first-order valence-corrected chi connectivity index (χ1v) is 8.75. The zero-order chi connectivity index (χ0) is 16.9. The Morgan fingerprint density at radius 3 is 2.62 bits per heavy atom. The normalized spacial score (nSPS) is 26.2. The smallest absolute Gasteiger partial charge is 0.237 e. The SMILES string of the molecule is CCOc1ccc(NC(=O)C[C@H]2N[C@@H]3CCCC[C@@H]3NC2=O)cc1. The predicted octanol–water partition coefficient (Wildman–Crippen LogP) is 1.81. The summed E-state index contributed by atoms with van der Waals surface area (Å²) in [7, 11) is 0. The Labute approximate surface area is 142 Å². The second kappa shape index (κ2) is 7.66. The average Bonchev–Trinajstić information content (AvgIpc) is 2.57. The highest BCUT2D eigenvalue weighted by Gasteiger charge is 2.36. The van der Waals surface area contributed by atoms with E-state index in [1.165, 1.54) is 6.42 Å². The van der Waals surface area contributed by atoms with E-state index < -0.39 is 6.04 Å². The molecule has 6 nitrogen and oxygen atoms in total. The molecule has 0 aromatic heterocycles. The van der Waals surface area contributed by atoms with Gasteiger partial charge in [-0.25, -0.2) is 0 Å². The van der Waals surface area contributed by atoms with Gasteiger partial charge in [-0.3, -0.25) is 9.59 Å². The topological polar surface area (TPSA) is 79.5 Å². The molecule has 3 rings (SSSR count). The van der Waals surface area contributed by atoms with Crippen LogP contribution in [0.1, 0.15) is 39.0 Å². The first-order valence-electron chi connectivity index (χ1n) is 8.75. The van der Waals surface area contributed by atoms with Crippen LogP contribution in [0.4, 0.5) is 5.69 Å². The van der Waals surface area contributed by atoms with Crippen molar-refractivity contribution in [3.63, 3.8) is 0 Å². The van der Waals surface area contributed by atoms with Gasteiger partial charge in [0.15, 0.2) is 0 Å². The van der Waals surface area contributed by atoms with Crippen molar-refractivity contribution in [1.29, 1.82) is 0 Å². The highest BCUT2D eigenvalue weighted by molar-refractivity contribution is 5.95. The fourth-order valence-corrected chi connectivity index (χ4v) is 3.47. The number of rotatable bonds is 5. The van der Waals surface area contributed by atoms with Crippen LogP contribution in [0.2, 0.25) is 0 Å². The maximum absolute atomic E-state index is 12.2. The number of fused-ring (bicyclic) bond motifs is 1. The maximum Gasteiger partial charge on any atom is 0.237 e. The Bertz CT molecular complexity index is 588. The number of amides is 2. The molecule has 1 saturated carbocycles. The average molecular weight is 331 g/mol. The summed E-state index contributed by atoms with van der Waals surface area (Å²) in [5.74, 6) is 0.535. The van der Waals surface area contributed by atoms with Crippen molar-refractivity contribution in [3.8, 4) is 5.75 Å². The van der Waals surface area contributed by atoms with E-state index in [-0.39, 0.29) is 24.3 Å². The number of hydrogen-bond acceptors (Lipinski definition) is 4. The highest BCUT2D eigenvalue weighted by Crippen LogP contribution is 2.22. The van der Waals surface area contributed by atoms with E-state index in [9.17, 15) is 9.59 Å². The molecule has 0 radical (unpaired) electrons. The molecule has 1 aromatic carbocycles. The third kappa shape index (κ3) is 4.06. The second-order valence-corrected chi connectivity index (χ2v) is 6.43. The second-order valence-electron chi connectivity index (χ2n) is 6.43. The van der Waals surface area contributed by atoms with Gasteiger partial charge in [-0.2, -0.15) is 0 Å². The summed E-state index contributed by atoms with van der Waals surface area (Å²) in [6, 6.07) is 7.29. The van der Waals surface area contributed by atoms with Gasteiger partial charge in [-0.05, 0) is 44.0 Å². The lowest BCUT2D eigenvalue weighted by Gasteiger charge is -2.40. The number of hydrogen-bond donors (Lipinski definition) is 3. The van der Waals surface area contributed by atoms with Crippen LogP contribution < -0.4 is 20.7 Å². The summed E-state index contributed by atoms with van der Waals surface area (Å²) in [6.45, 7) is 2.53. The van der Waals surface area contributed by atoms with Crippen LogP contribution in [0, 0.1) is 0 Å². The lowest BCUT2D eigenvalue weighted by molar-refractivity contribution is -0.129. The van der Waals surface area contributed by atoms with Crippen LogP contribution in [0.15, 0.2) is 24.3 Å². The Morgan fingerprint density at radius 2 is 1.92 bits per heavy atom. The molecule has 0 spiro atoms. The van der Waals surface area contributed by atoms with Crippen LogP contribution >= 0.6 is 0 Å². The van der Waals surface area contributed by atoms with Crippen molar-refractivity contribution in [2.24, 2.45) is 0 Å².